The second-order valence-electron chi connectivity index (χ2n) is 5.81. The molecule has 0 saturated heterocycles. The minimum Gasteiger partial charge on any atom is -0.496 e. The molecule has 1 aliphatic rings. The zero-order chi connectivity index (χ0) is 16.2. The lowest BCUT2D eigenvalue weighted by Gasteiger charge is -2.27. The van der Waals surface area contributed by atoms with Crippen LogP contribution in [0, 0.1) is 0 Å². The van der Waals surface area contributed by atoms with Gasteiger partial charge in [0.1, 0.15) is 17.0 Å². The first-order valence-corrected chi connectivity index (χ1v) is 8.46. The Balaban J connectivity index is 2.60. The van der Waals surface area contributed by atoms with Gasteiger partial charge < -0.3 is 9.47 Å². The molecule has 1 aromatic rings. The zero-order valence-electron chi connectivity index (χ0n) is 13.6. The van der Waals surface area contributed by atoms with Gasteiger partial charge in [0.2, 0.25) is 6.08 Å². The molecule has 120 valence electrons. The Hall–Kier alpha value is -1.45. The molecule has 0 N–H and O–H groups in total. The first kappa shape index (κ1) is 16.9. The van der Waals surface area contributed by atoms with E-state index in [0.717, 1.165) is 47.6 Å². The van der Waals surface area contributed by atoms with E-state index in [9.17, 15) is 4.79 Å². The van der Waals surface area contributed by atoms with E-state index in [0.29, 0.717) is 5.25 Å². The number of aliphatic imine (C=N–C) groups is 1. The summed E-state index contributed by atoms with van der Waals surface area (Å²) in [5.41, 5.74) is 0.325. The summed E-state index contributed by atoms with van der Waals surface area (Å²) in [4.78, 5) is 16.2. The average molecular weight is 321 g/mol. The van der Waals surface area contributed by atoms with Crippen molar-refractivity contribution in [2.24, 2.45) is 4.99 Å². The van der Waals surface area contributed by atoms with Crippen molar-refractivity contribution in [3.63, 3.8) is 0 Å². The summed E-state index contributed by atoms with van der Waals surface area (Å²) < 4.78 is 11.2. The molecule has 0 aromatic heterocycles. The Kier molecular flexibility index (Phi) is 5.54. The molecule has 22 heavy (non-hydrogen) atoms. The van der Waals surface area contributed by atoms with Crippen LogP contribution in [0.4, 0.5) is 0 Å². The van der Waals surface area contributed by atoms with E-state index in [4.69, 9.17) is 9.47 Å². The van der Waals surface area contributed by atoms with Crippen LogP contribution in [-0.2, 0) is 10.3 Å². The molecule has 0 amide bonds. The molecule has 2 rings (SSSR count). The Morgan fingerprint density at radius 2 is 1.73 bits per heavy atom. The molecular formula is C17H23NO3S. The van der Waals surface area contributed by atoms with Crippen molar-refractivity contribution >= 4 is 17.8 Å². The second kappa shape index (κ2) is 7.21. The van der Waals surface area contributed by atoms with Crippen LogP contribution in [-0.4, -0.2) is 25.5 Å². The van der Waals surface area contributed by atoms with Crippen molar-refractivity contribution in [2.45, 2.75) is 55.2 Å². The standard InChI is InChI=1S/C17H23NO3S/c1-12(2)22-13-9-14(20-3)16(15(10-13)21-4)17(18-11-19)7-5-6-8-17/h9-10,12H,5-8H2,1-4H3. The second-order valence-corrected chi connectivity index (χ2v) is 7.46. The summed E-state index contributed by atoms with van der Waals surface area (Å²) in [6.07, 6.45) is 5.49. The lowest BCUT2D eigenvalue weighted by molar-refractivity contribution is 0.347. The first-order valence-electron chi connectivity index (χ1n) is 7.58. The predicted octanol–water partition coefficient (Wildman–Crippen LogP) is 4.31. The monoisotopic (exact) mass is 321 g/mol. The highest BCUT2D eigenvalue weighted by atomic mass is 32.2. The molecule has 1 aliphatic carbocycles. The Morgan fingerprint density at radius 1 is 1.18 bits per heavy atom. The van der Waals surface area contributed by atoms with Gasteiger partial charge >= 0.3 is 0 Å². The minimum absolute atomic E-state index is 0.466. The van der Waals surface area contributed by atoms with Gasteiger partial charge in [-0.25, -0.2) is 4.79 Å². The fourth-order valence-electron chi connectivity index (χ4n) is 3.15. The topological polar surface area (TPSA) is 47.9 Å². The van der Waals surface area contributed by atoms with Crippen molar-refractivity contribution in [3.05, 3.63) is 17.7 Å². The molecule has 0 atom stereocenters. The van der Waals surface area contributed by atoms with E-state index in [1.165, 1.54) is 0 Å². The highest BCUT2D eigenvalue weighted by Crippen LogP contribution is 2.50. The van der Waals surface area contributed by atoms with Crippen LogP contribution in [0.25, 0.3) is 0 Å². The number of hydrogen-bond acceptors (Lipinski definition) is 5. The van der Waals surface area contributed by atoms with Crippen LogP contribution in [0.1, 0.15) is 45.1 Å². The largest absolute Gasteiger partial charge is 0.496 e. The molecule has 0 bridgehead atoms. The van der Waals surface area contributed by atoms with Gasteiger partial charge in [0.25, 0.3) is 0 Å². The molecule has 0 unspecified atom stereocenters. The summed E-state index contributed by atoms with van der Waals surface area (Å²) in [5, 5.41) is 0.466. The van der Waals surface area contributed by atoms with Crippen LogP contribution >= 0.6 is 11.8 Å². The van der Waals surface area contributed by atoms with Crippen molar-refractivity contribution < 1.29 is 14.3 Å². The van der Waals surface area contributed by atoms with Crippen molar-refractivity contribution in [1.29, 1.82) is 0 Å². The maximum Gasteiger partial charge on any atom is 0.235 e. The van der Waals surface area contributed by atoms with E-state index < -0.39 is 5.54 Å². The van der Waals surface area contributed by atoms with E-state index in [1.807, 2.05) is 12.1 Å². The third-order valence-electron chi connectivity index (χ3n) is 4.01. The zero-order valence-corrected chi connectivity index (χ0v) is 14.5. The van der Waals surface area contributed by atoms with Gasteiger partial charge in [0.05, 0.1) is 19.8 Å². The van der Waals surface area contributed by atoms with Crippen LogP contribution in [0.3, 0.4) is 0 Å². The van der Waals surface area contributed by atoms with Gasteiger partial charge in [-0.15, -0.1) is 11.8 Å². The SMILES string of the molecule is COc1cc(SC(C)C)cc(OC)c1C1(N=C=O)CCCC1. The number of ether oxygens (including phenoxy) is 2. The third kappa shape index (κ3) is 3.31. The van der Waals surface area contributed by atoms with Gasteiger partial charge in [-0.05, 0) is 25.0 Å². The lowest BCUT2D eigenvalue weighted by atomic mass is 9.87. The Morgan fingerprint density at radius 3 is 2.14 bits per heavy atom. The lowest BCUT2D eigenvalue weighted by Crippen LogP contribution is -2.21. The highest BCUT2D eigenvalue weighted by molar-refractivity contribution is 7.99. The van der Waals surface area contributed by atoms with Crippen LogP contribution in [0.15, 0.2) is 22.0 Å². The molecule has 4 nitrogen and oxygen atoms in total. The summed E-state index contributed by atoms with van der Waals surface area (Å²) in [6.45, 7) is 4.29. The number of carbonyl (C=O) groups excluding carboxylic acids is 1. The van der Waals surface area contributed by atoms with E-state index in [1.54, 1.807) is 32.1 Å². The number of isocyanates is 1. The van der Waals surface area contributed by atoms with E-state index >= 15 is 0 Å². The van der Waals surface area contributed by atoms with Gasteiger partial charge in [0, 0.05) is 10.1 Å². The maximum atomic E-state index is 11.0. The van der Waals surface area contributed by atoms with Crippen molar-refractivity contribution in [1.82, 2.24) is 0 Å². The fourth-order valence-corrected chi connectivity index (χ4v) is 4.05. The molecular weight excluding hydrogens is 298 g/mol. The summed E-state index contributed by atoms with van der Waals surface area (Å²) in [6, 6.07) is 4.03. The van der Waals surface area contributed by atoms with E-state index in [-0.39, 0.29) is 0 Å². The predicted molar refractivity (Wildman–Crippen MR) is 88.8 cm³/mol. The van der Waals surface area contributed by atoms with Crippen molar-refractivity contribution in [3.8, 4) is 11.5 Å². The molecule has 0 aliphatic heterocycles. The van der Waals surface area contributed by atoms with Crippen molar-refractivity contribution in [2.75, 3.05) is 14.2 Å². The van der Waals surface area contributed by atoms with Gasteiger partial charge in [0.15, 0.2) is 0 Å². The normalized spacial score (nSPS) is 16.4. The summed E-state index contributed by atoms with van der Waals surface area (Å²) >= 11 is 1.75. The number of hydrogen-bond donors (Lipinski definition) is 0. The quantitative estimate of drug-likeness (QED) is 0.445. The smallest absolute Gasteiger partial charge is 0.235 e. The molecule has 0 spiro atoms. The molecule has 1 fully saturated rings. The molecule has 0 radical (unpaired) electrons. The van der Waals surface area contributed by atoms with Crippen LogP contribution in [0.5, 0.6) is 11.5 Å². The number of benzene rings is 1. The Bertz CT molecular complexity index is 548. The number of methoxy groups -OCH3 is 2. The molecule has 1 saturated carbocycles. The number of thioether (sulfide) groups is 1. The van der Waals surface area contributed by atoms with E-state index in [2.05, 4.69) is 18.8 Å². The number of rotatable bonds is 6. The molecule has 5 heteroatoms. The van der Waals surface area contributed by atoms with Gasteiger partial charge in [-0.1, -0.05) is 26.7 Å². The third-order valence-corrected chi connectivity index (χ3v) is 4.99. The van der Waals surface area contributed by atoms with Crippen LogP contribution in [0.2, 0.25) is 0 Å². The molecule has 0 heterocycles. The fraction of sp³-hybridized carbons (Fsp3) is 0.588. The van der Waals surface area contributed by atoms with Gasteiger partial charge in [-0.2, -0.15) is 4.99 Å². The summed E-state index contributed by atoms with van der Waals surface area (Å²) in [7, 11) is 3.30. The summed E-state index contributed by atoms with van der Waals surface area (Å²) in [5.74, 6) is 1.48. The number of nitrogens with zero attached hydrogens (tertiary/aromatic N) is 1. The minimum atomic E-state index is -0.556. The highest BCUT2D eigenvalue weighted by Gasteiger charge is 2.40. The van der Waals surface area contributed by atoms with Crippen LogP contribution < -0.4 is 9.47 Å². The molecule has 1 aromatic carbocycles. The van der Waals surface area contributed by atoms with Gasteiger partial charge in [-0.3, -0.25) is 0 Å². The Labute approximate surface area is 136 Å². The average Bonchev–Trinajstić information content (AvgIpc) is 2.95. The first-order chi connectivity index (χ1) is 10.6. The maximum absolute atomic E-state index is 11.0.